The van der Waals surface area contributed by atoms with Gasteiger partial charge >= 0.3 is 7.25 Å². The van der Waals surface area contributed by atoms with Gasteiger partial charge in [-0.2, -0.15) is 5.26 Å². The van der Waals surface area contributed by atoms with E-state index in [1.54, 1.807) is 6.07 Å². The van der Waals surface area contributed by atoms with E-state index in [1.165, 1.54) is 0 Å². The highest BCUT2D eigenvalue weighted by Gasteiger charge is 2.20. The Labute approximate surface area is 78.1 Å². The topological polar surface area (TPSA) is 51.4 Å². The lowest BCUT2D eigenvalue weighted by Gasteiger charge is -1.94. The first kappa shape index (κ1) is 12.5. The molecular weight excluding hydrogens is 199 g/mol. The van der Waals surface area contributed by atoms with Crippen molar-refractivity contribution in [2.45, 2.75) is 0 Å². The van der Waals surface area contributed by atoms with Crippen molar-refractivity contribution in [3.05, 3.63) is 29.8 Å². The Morgan fingerprint density at radius 3 is 1.86 bits per heavy atom. The molecular formula is C7H7BF4N2. The molecule has 14 heavy (non-hydrogen) atoms. The van der Waals surface area contributed by atoms with Gasteiger partial charge in [0.2, 0.25) is 0 Å². The number of hydrogen-bond donors (Lipinski definition) is 1. The average molecular weight is 206 g/mol. The summed E-state index contributed by atoms with van der Waals surface area (Å²) in [6.07, 6.45) is 0. The first-order valence-corrected chi connectivity index (χ1v) is 3.53. The summed E-state index contributed by atoms with van der Waals surface area (Å²) < 4.78 is 39.0. The van der Waals surface area contributed by atoms with Crippen LogP contribution in [0.4, 0.5) is 23.0 Å². The minimum absolute atomic E-state index is 0.650. The zero-order valence-corrected chi connectivity index (χ0v) is 7.05. The molecule has 3 N–H and O–H groups in total. The van der Waals surface area contributed by atoms with Gasteiger partial charge in [-0.3, -0.25) is 0 Å². The van der Waals surface area contributed by atoms with Crippen molar-refractivity contribution in [2.75, 3.05) is 0 Å². The van der Waals surface area contributed by atoms with Gasteiger partial charge in [-0.15, -0.1) is 0 Å². The molecule has 0 radical (unpaired) electrons. The fourth-order valence-electron chi connectivity index (χ4n) is 0.629. The van der Waals surface area contributed by atoms with E-state index in [0.717, 1.165) is 5.69 Å². The maximum Gasteiger partial charge on any atom is 0.673 e. The van der Waals surface area contributed by atoms with Gasteiger partial charge in [0.15, 0.2) is 0 Å². The number of nitriles is 1. The highest BCUT2D eigenvalue weighted by molar-refractivity contribution is 6.50. The third kappa shape index (κ3) is 7.12. The lowest BCUT2D eigenvalue weighted by atomic mass is 10.2. The average Bonchev–Trinajstić information content (AvgIpc) is 2.02. The maximum atomic E-state index is 9.75. The summed E-state index contributed by atoms with van der Waals surface area (Å²) in [5, 5.41) is 8.43. The molecule has 0 spiro atoms. The minimum atomic E-state index is -6.00. The van der Waals surface area contributed by atoms with E-state index >= 15 is 0 Å². The summed E-state index contributed by atoms with van der Waals surface area (Å²) >= 11 is 0. The normalized spacial score (nSPS) is 9.71. The second-order valence-electron chi connectivity index (χ2n) is 2.26. The first-order chi connectivity index (χ1) is 6.34. The van der Waals surface area contributed by atoms with Crippen molar-refractivity contribution in [1.82, 2.24) is 0 Å². The van der Waals surface area contributed by atoms with E-state index in [9.17, 15) is 17.3 Å². The van der Waals surface area contributed by atoms with Crippen LogP contribution in [0.2, 0.25) is 0 Å². The first-order valence-electron chi connectivity index (χ1n) is 3.53. The Kier molecular flexibility index (Phi) is 4.66. The Morgan fingerprint density at radius 1 is 1.14 bits per heavy atom. The molecule has 0 atom stereocenters. The van der Waals surface area contributed by atoms with Gasteiger partial charge in [0.1, 0.15) is 17.3 Å². The molecule has 1 aromatic rings. The lowest BCUT2D eigenvalue weighted by Crippen LogP contribution is -2.41. The van der Waals surface area contributed by atoms with E-state index in [2.05, 4.69) is 5.73 Å². The predicted octanol–water partition coefficient (Wildman–Crippen LogP) is 1.73. The standard InChI is InChI=1S/C7H6N2.BF4/c8-5-6-3-1-2-4-7(6)9;2-1(3,4)5/h1-4H,9H2;/q;-1/p+1. The van der Waals surface area contributed by atoms with Crippen LogP contribution in [0.25, 0.3) is 0 Å². The molecule has 0 aromatic heterocycles. The van der Waals surface area contributed by atoms with Gasteiger partial charge in [0.05, 0.1) is 0 Å². The summed E-state index contributed by atoms with van der Waals surface area (Å²) in [5.74, 6) is 0. The van der Waals surface area contributed by atoms with Crippen molar-refractivity contribution < 1.29 is 23.0 Å². The monoisotopic (exact) mass is 206 g/mol. The van der Waals surface area contributed by atoms with E-state index in [4.69, 9.17) is 5.26 Å². The van der Waals surface area contributed by atoms with E-state index in [0.29, 0.717) is 5.56 Å². The molecule has 2 nitrogen and oxygen atoms in total. The Balaban J connectivity index is 0.000000292. The highest BCUT2D eigenvalue weighted by Crippen LogP contribution is 2.06. The Bertz CT molecular complexity index is 325. The molecule has 0 unspecified atom stereocenters. The molecule has 0 fully saturated rings. The maximum absolute atomic E-state index is 9.75. The third-order valence-electron chi connectivity index (χ3n) is 1.14. The summed E-state index contributed by atoms with van der Waals surface area (Å²) in [6.45, 7) is 0. The predicted molar refractivity (Wildman–Crippen MR) is 43.9 cm³/mol. The largest absolute Gasteiger partial charge is 0.673 e. The van der Waals surface area contributed by atoms with E-state index < -0.39 is 7.25 Å². The second kappa shape index (κ2) is 5.24. The molecule has 0 saturated heterocycles. The minimum Gasteiger partial charge on any atom is -0.418 e. The van der Waals surface area contributed by atoms with Crippen molar-refractivity contribution in [3.63, 3.8) is 0 Å². The molecule has 0 bridgehead atoms. The SMILES string of the molecule is F[B-](F)(F)F.N#Cc1ccccc1[NH3+]. The van der Waals surface area contributed by atoms with Crippen LogP contribution in [-0.4, -0.2) is 7.25 Å². The van der Waals surface area contributed by atoms with Gasteiger partial charge < -0.3 is 23.0 Å². The van der Waals surface area contributed by atoms with Crippen LogP contribution >= 0.6 is 0 Å². The molecule has 0 heterocycles. The highest BCUT2D eigenvalue weighted by atomic mass is 19.5. The molecule has 0 saturated carbocycles. The van der Waals surface area contributed by atoms with Crippen molar-refractivity contribution >= 4 is 12.9 Å². The van der Waals surface area contributed by atoms with Crippen LogP contribution in [0.1, 0.15) is 5.56 Å². The van der Waals surface area contributed by atoms with Crippen LogP contribution in [0.5, 0.6) is 0 Å². The summed E-state index contributed by atoms with van der Waals surface area (Å²) in [7, 11) is -6.00. The van der Waals surface area contributed by atoms with Gasteiger partial charge in [0.25, 0.3) is 0 Å². The van der Waals surface area contributed by atoms with Gasteiger partial charge in [-0.1, -0.05) is 12.1 Å². The number of hydrogen-bond acceptors (Lipinski definition) is 1. The third-order valence-corrected chi connectivity index (χ3v) is 1.14. The molecule has 0 aliphatic carbocycles. The van der Waals surface area contributed by atoms with E-state index in [-0.39, 0.29) is 0 Å². The second-order valence-corrected chi connectivity index (χ2v) is 2.26. The Hall–Kier alpha value is -1.55. The molecule has 76 valence electrons. The summed E-state index contributed by atoms with van der Waals surface area (Å²) in [6, 6.07) is 9.29. The number of quaternary nitrogens is 1. The van der Waals surface area contributed by atoms with Crippen molar-refractivity contribution in [3.8, 4) is 6.07 Å². The number of rotatable bonds is 0. The fourth-order valence-corrected chi connectivity index (χ4v) is 0.629. The van der Waals surface area contributed by atoms with Crippen molar-refractivity contribution in [2.24, 2.45) is 0 Å². The smallest absolute Gasteiger partial charge is 0.418 e. The van der Waals surface area contributed by atoms with Crippen LogP contribution < -0.4 is 5.73 Å². The Morgan fingerprint density at radius 2 is 1.57 bits per heavy atom. The number of halogens is 4. The molecule has 1 aromatic carbocycles. The zero-order valence-electron chi connectivity index (χ0n) is 7.05. The van der Waals surface area contributed by atoms with Gasteiger partial charge in [-0.25, -0.2) is 0 Å². The summed E-state index contributed by atoms with van der Waals surface area (Å²) in [4.78, 5) is 0. The molecule has 0 aliphatic heterocycles. The number of benzene rings is 1. The molecule has 0 aliphatic rings. The number of nitrogens with zero attached hydrogens (tertiary/aromatic N) is 1. The quantitative estimate of drug-likeness (QED) is 0.509. The van der Waals surface area contributed by atoms with Crippen LogP contribution in [0, 0.1) is 11.3 Å². The van der Waals surface area contributed by atoms with Gasteiger partial charge in [0, 0.05) is 6.07 Å². The molecule has 7 heteroatoms. The van der Waals surface area contributed by atoms with Crippen molar-refractivity contribution in [1.29, 1.82) is 5.26 Å². The van der Waals surface area contributed by atoms with E-state index in [1.807, 2.05) is 24.3 Å². The van der Waals surface area contributed by atoms with Gasteiger partial charge in [-0.05, 0) is 6.07 Å². The van der Waals surface area contributed by atoms with Crippen LogP contribution in [0.15, 0.2) is 24.3 Å². The fraction of sp³-hybridized carbons (Fsp3) is 0. The van der Waals surface area contributed by atoms with Crippen LogP contribution in [0.3, 0.4) is 0 Å². The molecule has 0 amide bonds. The zero-order chi connectivity index (χ0) is 11.2. The summed E-state index contributed by atoms with van der Waals surface area (Å²) in [5.41, 5.74) is 5.11. The molecule has 1 rings (SSSR count). The lowest BCUT2D eigenvalue weighted by molar-refractivity contribution is -0.255. The van der Waals surface area contributed by atoms with Crippen LogP contribution in [-0.2, 0) is 0 Å².